The van der Waals surface area contributed by atoms with E-state index in [1.807, 2.05) is 0 Å². The molecule has 2 aliphatic carbocycles. The van der Waals surface area contributed by atoms with Crippen LogP contribution in [0.15, 0.2) is 0 Å². The second-order valence-corrected chi connectivity index (χ2v) is 6.94. The Morgan fingerprint density at radius 1 is 1.37 bits per heavy atom. The zero-order valence-electron chi connectivity index (χ0n) is 11.4. The highest BCUT2D eigenvalue weighted by Gasteiger charge is 2.43. The summed E-state index contributed by atoms with van der Waals surface area (Å²) in [5.74, 6) is 1.82. The summed E-state index contributed by atoms with van der Waals surface area (Å²) >= 11 is 1.53. The van der Waals surface area contributed by atoms with Gasteiger partial charge in [-0.3, -0.25) is 4.79 Å². The van der Waals surface area contributed by atoms with Crippen molar-refractivity contribution in [1.29, 1.82) is 0 Å². The SMILES string of the molecule is CCCCc1nnc(NC(=O)C2CC3CCC2C3)s1. The van der Waals surface area contributed by atoms with E-state index in [4.69, 9.17) is 0 Å². The molecule has 2 fully saturated rings. The molecule has 0 aliphatic heterocycles. The predicted molar refractivity (Wildman–Crippen MR) is 76.1 cm³/mol. The number of hydrogen-bond acceptors (Lipinski definition) is 4. The number of carbonyl (C=O) groups excluding carboxylic acids is 1. The van der Waals surface area contributed by atoms with Gasteiger partial charge in [0.25, 0.3) is 0 Å². The summed E-state index contributed by atoms with van der Waals surface area (Å²) < 4.78 is 0. The first-order valence-corrected chi connectivity index (χ1v) is 8.21. The molecular weight excluding hydrogens is 258 g/mol. The van der Waals surface area contributed by atoms with Crippen molar-refractivity contribution in [1.82, 2.24) is 10.2 Å². The van der Waals surface area contributed by atoms with Gasteiger partial charge in [-0.05, 0) is 37.5 Å². The maximum Gasteiger partial charge on any atom is 0.229 e. The number of carbonyl (C=O) groups is 1. The van der Waals surface area contributed by atoms with E-state index in [1.165, 1.54) is 30.6 Å². The van der Waals surface area contributed by atoms with E-state index in [1.54, 1.807) is 0 Å². The van der Waals surface area contributed by atoms with Crippen molar-refractivity contribution < 1.29 is 4.79 Å². The Bertz CT molecular complexity index is 459. The Balaban J connectivity index is 1.56. The number of unbranched alkanes of at least 4 members (excludes halogenated alkanes) is 1. The normalized spacial score (nSPS) is 28.8. The molecule has 1 aromatic heterocycles. The topological polar surface area (TPSA) is 54.9 Å². The van der Waals surface area contributed by atoms with Crippen molar-refractivity contribution in [3.63, 3.8) is 0 Å². The Kier molecular flexibility index (Phi) is 3.82. The molecule has 1 N–H and O–H groups in total. The van der Waals surface area contributed by atoms with Gasteiger partial charge in [0, 0.05) is 12.3 Å². The van der Waals surface area contributed by atoms with E-state index in [2.05, 4.69) is 22.4 Å². The van der Waals surface area contributed by atoms with E-state index in [0.29, 0.717) is 11.0 Å². The van der Waals surface area contributed by atoms with Crippen LogP contribution in [0, 0.1) is 17.8 Å². The van der Waals surface area contributed by atoms with Crippen LogP contribution in [0.1, 0.15) is 50.5 Å². The molecule has 4 nitrogen and oxygen atoms in total. The molecule has 1 heterocycles. The zero-order chi connectivity index (χ0) is 13.2. The van der Waals surface area contributed by atoms with Crippen LogP contribution in [0.3, 0.4) is 0 Å². The van der Waals surface area contributed by atoms with Gasteiger partial charge in [-0.1, -0.05) is 31.1 Å². The van der Waals surface area contributed by atoms with Gasteiger partial charge in [-0.25, -0.2) is 0 Å². The fraction of sp³-hybridized carbons (Fsp3) is 0.786. The first kappa shape index (κ1) is 13.0. The maximum absolute atomic E-state index is 12.3. The van der Waals surface area contributed by atoms with Crippen LogP contribution < -0.4 is 5.32 Å². The van der Waals surface area contributed by atoms with E-state index in [0.717, 1.165) is 36.6 Å². The fourth-order valence-electron chi connectivity index (χ4n) is 3.50. The molecule has 19 heavy (non-hydrogen) atoms. The first-order valence-electron chi connectivity index (χ1n) is 7.39. The summed E-state index contributed by atoms with van der Waals surface area (Å²) in [5.41, 5.74) is 0. The summed E-state index contributed by atoms with van der Waals surface area (Å²) in [6.07, 6.45) is 8.17. The molecular formula is C14H21N3OS. The number of nitrogens with one attached hydrogen (secondary N) is 1. The Morgan fingerprint density at radius 3 is 2.95 bits per heavy atom. The second kappa shape index (κ2) is 5.57. The van der Waals surface area contributed by atoms with Gasteiger partial charge in [-0.2, -0.15) is 0 Å². The lowest BCUT2D eigenvalue weighted by atomic mass is 9.88. The lowest BCUT2D eigenvalue weighted by Crippen LogP contribution is -2.27. The van der Waals surface area contributed by atoms with Crippen LogP contribution in [0.5, 0.6) is 0 Å². The first-order chi connectivity index (χ1) is 9.26. The van der Waals surface area contributed by atoms with Gasteiger partial charge in [0.1, 0.15) is 5.01 Å². The highest BCUT2D eigenvalue weighted by Crippen LogP contribution is 2.48. The molecule has 1 amide bonds. The zero-order valence-corrected chi connectivity index (χ0v) is 12.2. The van der Waals surface area contributed by atoms with E-state index in [9.17, 15) is 4.79 Å². The van der Waals surface area contributed by atoms with Crippen molar-refractivity contribution >= 4 is 22.4 Å². The summed E-state index contributed by atoms with van der Waals surface area (Å²) in [4.78, 5) is 12.3. The minimum absolute atomic E-state index is 0.172. The van der Waals surface area contributed by atoms with Gasteiger partial charge in [0.2, 0.25) is 11.0 Å². The smallest absolute Gasteiger partial charge is 0.229 e. The lowest BCUT2D eigenvalue weighted by Gasteiger charge is -2.19. The van der Waals surface area contributed by atoms with Crippen LogP contribution in [0.4, 0.5) is 5.13 Å². The number of amides is 1. The number of nitrogens with zero attached hydrogens (tertiary/aromatic N) is 2. The van der Waals surface area contributed by atoms with Crippen LogP contribution in [-0.4, -0.2) is 16.1 Å². The molecule has 2 saturated carbocycles. The van der Waals surface area contributed by atoms with Gasteiger partial charge in [0.05, 0.1) is 0 Å². The van der Waals surface area contributed by atoms with E-state index >= 15 is 0 Å². The lowest BCUT2D eigenvalue weighted by molar-refractivity contribution is -0.121. The van der Waals surface area contributed by atoms with E-state index in [-0.39, 0.29) is 11.8 Å². The monoisotopic (exact) mass is 279 g/mol. The summed E-state index contributed by atoms with van der Waals surface area (Å²) in [7, 11) is 0. The number of anilines is 1. The molecule has 0 radical (unpaired) electrons. The summed E-state index contributed by atoms with van der Waals surface area (Å²) in [6, 6.07) is 0. The van der Waals surface area contributed by atoms with Crippen LogP contribution in [0.25, 0.3) is 0 Å². The summed E-state index contributed by atoms with van der Waals surface area (Å²) in [5, 5.41) is 12.9. The number of aromatic nitrogens is 2. The van der Waals surface area contributed by atoms with Crippen molar-refractivity contribution in [2.24, 2.45) is 17.8 Å². The van der Waals surface area contributed by atoms with Crippen LogP contribution in [-0.2, 0) is 11.2 Å². The molecule has 104 valence electrons. The molecule has 3 unspecified atom stereocenters. The Hall–Kier alpha value is -0.970. The molecule has 1 aromatic rings. The van der Waals surface area contributed by atoms with Gasteiger partial charge in [-0.15, -0.1) is 10.2 Å². The molecule has 2 bridgehead atoms. The molecule has 3 rings (SSSR count). The van der Waals surface area contributed by atoms with Crippen molar-refractivity contribution in [2.45, 2.75) is 51.9 Å². The Labute approximate surface area is 118 Å². The van der Waals surface area contributed by atoms with Crippen molar-refractivity contribution in [3.8, 4) is 0 Å². The minimum Gasteiger partial charge on any atom is -0.300 e. The quantitative estimate of drug-likeness (QED) is 0.900. The van der Waals surface area contributed by atoms with Gasteiger partial charge >= 0.3 is 0 Å². The third-order valence-corrected chi connectivity index (χ3v) is 5.41. The van der Waals surface area contributed by atoms with Crippen LogP contribution in [0.2, 0.25) is 0 Å². The highest BCUT2D eigenvalue weighted by molar-refractivity contribution is 7.15. The third-order valence-electron chi connectivity index (χ3n) is 4.52. The van der Waals surface area contributed by atoms with Gasteiger partial charge in [0.15, 0.2) is 0 Å². The molecule has 2 aliphatic rings. The molecule has 0 spiro atoms. The maximum atomic E-state index is 12.3. The average Bonchev–Trinajstić information content (AvgIpc) is 3.12. The average molecular weight is 279 g/mol. The molecule has 0 aromatic carbocycles. The van der Waals surface area contributed by atoms with Crippen LogP contribution >= 0.6 is 11.3 Å². The fourth-order valence-corrected chi connectivity index (χ4v) is 4.28. The molecule has 5 heteroatoms. The summed E-state index contributed by atoms with van der Waals surface area (Å²) in [6.45, 7) is 2.17. The Morgan fingerprint density at radius 2 is 2.26 bits per heavy atom. The molecule has 0 saturated heterocycles. The van der Waals surface area contributed by atoms with E-state index < -0.39 is 0 Å². The number of aryl methyl sites for hydroxylation is 1. The number of hydrogen-bond donors (Lipinski definition) is 1. The standard InChI is InChI=1S/C14H21N3OS/c1-2-3-4-12-16-17-14(19-12)15-13(18)11-8-9-5-6-10(11)7-9/h9-11H,2-8H2,1H3,(H,15,17,18). The molecule has 3 atom stereocenters. The predicted octanol–water partition coefficient (Wildman–Crippen LogP) is 3.26. The highest BCUT2D eigenvalue weighted by atomic mass is 32.1. The third kappa shape index (κ3) is 2.81. The second-order valence-electron chi connectivity index (χ2n) is 5.88. The number of fused-ring (bicyclic) bond motifs is 2. The number of rotatable bonds is 5. The van der Waals surface area contributed by atoms with Gasteiger partial charge < -0.3 is 5.32 Å². The van der Waals surface area contributed by atoms with Crippen molar-refractivity contribution in [2.75, 3.05) is 5.32 Å². The largest absolute Gasteiger partial charge is 0.300 e. The minimum atomic E-state index is 0.172. The van der Waals surface area contributed by atoms with Crippen molar-refractivity contribution in [3.05, 3.63) is 5.01 Å².